The van der Waals surface area contributed by atoms with E-state index >= 15 is 0 Å². The molecule has 0 unspecified atom stereocenters. The van der Waals surface area contributed by atoms with Crippen LogP contribution in [0.25, 0.3) is 0 Å². The second-order valence-corrected chi connectivity index (χ2v) is 14.1. The Hall–Kier alpha value is -1.09. The second-order valence-electron chi connectivity index (χ2n) is 9.36. The Labute approximate surface area is 206 Å². The van der Waals surface area contributed by atoms with Crippen molar-refractivity contribution >= 4 is 27.2 Å². The van der Waals surface area contributed by atoms with Crippen LogP contribution in [-0.4, -0.2) is 33.2 Å². The van der Waals surface area contributed by atoms with E-state index < -0.39 is 21.6 Å². The predicted molar refractivity (Wildman–Crippen MR) is 126 cm³/mol. The molecule has 1 amide bonds. The first-order valence-electron chi connectivity index (χ1n) is 11.0. The number of amides is 1. The van der Waals surface area contributed by atoms with Crippen LogP contribution in [0.2, 0.25) is 5.02 Å². The minimum absolute atomic E-state index is 0.0234. The molecule has 0 spiro atoms. The van der Waals surface area contributed by atoms with E-state index in [4.69, 9.17) is 25.9 Å². The van der Waals surface area contributed by atoms with Crippen LogP contribution in [0.1, 0.15) is 61.9 Å². The average molecular weight is 569 g/mol. The topological polar surface area (TPSA) is 32.8 Å². The van der Waals surface area contributed by atoms with Crippen LogP contribution in [-0.2, 0) is 38.6 Å². The molecule has 177 valence electrons. The van der Waals surface area contributed by atoms with E-state index in [0.717, 1.165) is 48.8 Å². The van der Waals surface area contributed by atoms with Gasteiger partial charge in [0.05, 0.1) is 0 Å². The molecule has 4 nitrogen and oxygen atoms in total. The maximum atomic E-state index is 12.9. The fraction of sp³-hybridized carbons (Fsp3) is 0.480. The van der Waals surface area contributed by atoms with Crippen LogP contribution in [0.5, 0.6) is 0 Å². The first-order valence-corrected chi connectivity index (χ1v) is 15.2. The van der Waals surface area contributed by atoms with Crippen molar-refractivity contribution in [3.63, 3.8) is 0 Å². The number of carbonyl (C=O) groups excluding carboxylic acids is 1. The summed E-state index contributed by atoms with van der Waals surface area (Å²) in [5.41, 5.74) is 4.55. The summed E-state index contributed by atoms with van der Waals surface area (Å²) >= 11 is 5.22. The molecule has 0 saturated carbocycles. The Morgan fingerprint density at radius 3 is 2.66 bits per heavy atom. The second kappa shape index (κ2) is 10.0. The number of fused-ring (bicyclic) bond motifs is 1. The molecule has 32 heavy (non-hydrogen) atoms. The normalized spacial score (nSPS) is 19.6. The minimum atomic E-state index is -1.36. The molecular weight excluding hydrogens is 538 g/mol. The van der Waals surface area contributed by atoms with E-state index in [-0.39, 0.29) is 12.1 Å². The van der Waals surface area contributed by atoms with Crippen molar-refractivity contribution in [2.45, 2.75) is 63.1 Å². The third-order valence-corrected chi connectivity index (χ3v) is 10.1. The van der Waals surface area contributed by atoms with Gasteiger partial charge in [0.25, 0.3) is 0 Å². The van der Waals surface area contributed by atoms with Gasteiger partial charge in [-0.25, -0.2) is 0 Å². The van der Waals surface area contributed by atoms with E-state index in [9.17, 15) is 4.79 Å². The summed E-state index contributed by atoms with van der Waals surface area (Å²) in [4.78, 5) is 15.7. The number of halogens is 2. The summed E-state index contributed by atoms with van der Waals surface area (Å²) in [7, 11) is 6.93. The number of hydrogen-bond donors (Lipinski definition) is 0. The van der Waals surface area contributed by atoms with Gasteiger partial charge >= 0.3 is 207 Å². The SMILES string of the molecule is CC(C)(C)OC(=O)N1CCC[C@H]1c1cc(Cl)cc2c1CC[N]([Pd]([Cl])[CH2]c1ccccc1)C2. The predicted octanol–water partition coefficient (Wildman–Crippen LogP) is 6.66. The first-order chi connectivity index (χ1) is 15.2. The van der Waals surface area contributed by atoms with Gasteiger partial charge in [-0.05, 0) is 0 Å². The molecule has 7 heteroatoms. The van der Waals surface area contributed by atoms with Gasteiger partial charge in [-0.2, -0.15) is 0 Å². The average Bonchev–Trinajstić information content (AvgIpc) is 3.22. The van der Waals surface area contributed by atoms with E-state index in [1.165, 1.54) is 22.3 Å². The summed E-state index contributed by atoms with van der Waals surface area (Å²) in [6.45, 7) is 8.21. The zero-order chi connectivity index (χ0) is 22.9. The molecule has 0 aliphatic carbocycles. The number of nitrogens with zero attached hydrogens (tertiary/aromatic N) is 2. The summed E-state index contributed by atoms with van der Waals surface area (Å²) in [6.07, 6.45) is 2.61. The van der Waals surface area contributed by atoms with Crippen LogP contribution in [0, 0.1) is 0 Å². The van der Waals surface area contributed by atoms with Gasteiger partial charge in [0.1, 0.15) is 0 Å². The number of rotatable bonds is 4. The molecule has 0 N–H and O–H groups in total. The van der Waals surface area contributed by atoms with Crippen LogP contribution < -0.4 is 0 Å². The Balaban J connectivity index is 1.54. The standard InChI is InChI=1S/C18H24ClN2O2.C7H7.ClH.Pd/c1-18(2,3)23-17(22)21-8-4-5-16(21)15-10-13(19)9-12-11-20-7-6-14(12)15;1-7-5-3-2-4-6-7;;/h9-10,16H,4-8,11H2,1-3H3;2-6H,1H2;1H;/q-1;;;+2/p-1/t16-;;;/m0.../s1. The number of ether oxygens (including phenoxy) is 1. The van der Waals surface area contributed by atoms with Crippen LogP contribution in [0.15, 0.2) is 42.5 Å². The van der Waals surface area contributed by atoms with Gasteiger partial charge in [-0.15, -0.1) is 0 Å². The Morgan fingerprint density at radius 1 is 1.19 bits per heavy atom. The molecule has 0 radical (unpaired) electrons. The van der Waals surface area contributed by atoms with Crippen molar-refractivity contribution in [1.82, 2.24) is 8.43 Å². The van der Waals surface area contributed by atoms with Crippen LogP contribution >= 0.6 is 21.1 Å². The Bertz CT molecular complexity index is 964. The molecular formula is C25H31Cl2N2O2Pd. The fourth-order valence-electron chi connectivity index (χ4n) is 4.43. The van der Waals surface area contributed by atoms with Crippen LogP contribution in [0.4, 0.5) is 4.79 Å². The van der Waals surface area contributed by atoms with Crippen molar-refractivity contribution in [3.8, 4) is 0 Å². The van der Waals surface area contributed by atoms with Crippen molar-refractivity contribution in [3.05, 3.63) is 69.7 Å². The van der Waals surface area contributed by atoms with E-state index in [1.807, 2.05) is 31.7 Å². The number of hydrogen-bond acceptors (Lipinski definition) is 3. The molecule has 1 fully saturated rings. The quantitative estimate of drug-likeness (QED) is 0.387. The van der Waals surface area contributed by atoms with E-state index in [0.29, 0.717) is 0 Å². The molecule has 2 aromatic carbocycles. The number of benzene rings is 2. The van der Waals surface area contributed by atoms with Gasteiger partial charge in [-0.3, -0.25) is 0 Å². The molecule has 2 aliphatic heterocycles. The third kappa shape index (κ3) is 5.69. The van der Waals surface area contributed by atoms with E-state index in [1.54, 1.807) is 0 Å². The van der Waals surface area contributed by atoms with Gasteiger partial charge in [0, 0.05) is 0 Å². The molecule has 0 aromatic heterocycles. The van der Waals surface area contributed by atoms with Crippen LogP contribution in [0.3, 0.4) is 0 Å². The fourth-order valence-corrected chi connectivity index (χ4v) is 8.12. The third-order valence-electron chi connectivity index (χ3n) is 5.79. The Kier molecular flexibility index (Phi) is 7.54. The van der Waals surface area contributed by atoms with Crippen molar-refractivity contribution < 1.29 is 25.5 Å². The molecule has 2 heterocycles. The Morgan fingerprint density at radius 2 is 1.94 bits per heavy atom. The van der Waals surface area contributed by atoms with Crippen molar-refractivity contribution in [1.29, 1.82) is 0 Å². The molecule has 2 aliphatic rings. The van der Waals surface area contributed by atoms with E-state index in [2.05, 4.69) is 39.9 Å². The summed E-state index contributed by atoms with van der Waals surface area (Å²) in [5, 5.41) is 0.727. The molecule has 1 atom stereocenters. The number of likely N-dealkylation sites (tertiary alicyclic amines) is 1. The first kappa shape index (κ1) is 24.1. The summed E-state index contributed by atoms with van der Waals surface area (Å²) in [6, 6.07) is 14.6. The monoisotopic (exact) mass is 567 g/mol. The molecule has 0 bridgehead atoms. The molecule has 4 rings (SSSR count). The summed E-state index contributed by atoms with van der Waals surface area (Å²) < 4.78 is 8.12. The van der Waals surface area contributed by atoms with Gasteiger partial charge in [0.15, 0.2) is 0 Å². The zero-order valence-electron chi connectivity index (χ0n) is 18.9. The zero-order valence-corrected chi connectivity index (χ0v) is 21.9. The summed E-state index contributed by atoms with van der Waals surface area (Å²) in [5.74, 6) is 0. The maximum absolute atomic E-state index is 12.9. The molecule has 1 saturated heterocycles. The van der Waals surface area contributed by atoms with Gasteiger partial charge in [0.2, 0.25) is 0 Å². The van der Waals surface area contributed by atoms with Crippen molar-refractivity contribution in [2.75, 3.05) is 13.1 Å². The van der Waals surface area contributed by atoms with Crippen molar-refractivity contribution in [2.24, 2.45) is 0 Å². The molecule has 2 aromatic rings. The number of carbonyl (C=O) groups is 1. The van der Waals surface area contributed by atoms with Gasteiger partial charge in [-0.1, -0.05) is 0 Å². The van der Waals surface area contributed by atoms with Gasteiger partial charge < -0.3 is 0 Å².